The molecule has 1 aromatic carbocycles. The molecule has 3 nitrogen and oxygen atoms in total. The molecule has 1 fully saturated rings. The number of piperidine rings is 1. The summed E-state index contributed by atoms with van der Waals surface area (Å²) < 4.78 is 0. The van der Waals surface area contributed by atoms with Crippen molar-refractivity contribution >= 4 is 5.97 Å². The Balaban J connectivity index is 2.21. The van der Waals surface area contributed by atoms with E-state index in [1.165, 1.54) is 16.7 Å². The number of carbonyl (C=O) groups is 1. The summed E-state index contributed by atoms with van der Waals surface area (Å²) in [5, 5.41) is 9.58. The van der Waals surface area contributed by atoms with Crippen LogP contribution in [0.2, 0.25) is 0 Å². The van der Waals surface area contributed by atoms with Crippen molar-refractivity contribution in [1.29, 1.82) is 0 Å². The second-order valence-corrected chi connectivity index (χ2v) is 6.72. The van der Waals surface area contributed by atoms with E-state index in [2.05, 4.69) is 50.8 Å². The Morgan fingerprint density at radius 3 is 2.65 bits per heavy atom. The third-order valence-electron chi connectivity index (χ3n) is 4.56. The predicted molar refractivity (Wildman–Crippen MR) is 80.8 cm³/mol. The number of carboxylic acids is 1. The van der Waals surface area contributed by atoms with Crippen molar-refractivity contribution in [3.63, 3.8) is 0 Å². The van der Waals surface area contributed by atoms with Crippen molar-refractivity contribution in [1.82, 2.24) is 4.90 Å². The SMILES string of the molecule is Cc1ccc(CN2CCCC(C)(C)C2C(=O)O)cc1C. The average molecular weight is 275 g/mol. The van der Waals surface area contributed by atoms with E-state index in [0.29, 0.717) is 0 Å². The summed E-state index contributed by atoms with van der Waals surface area (Å²) in [6.07, 6.45) is 2.05. The van der Waals surface area contributed by atoms with E-state index in [1.54, 1.807) is 0 Å². The molecule has 0 radical (unpaired) electrons. The first-order valence-electron chi connectivity index (χ1n) is 7.34. The lowest BCUT2D eigenvalue weighted by Crippen LogP contribution is -2.53. The Morgan fingerprint density at radius 2 is 2.05 bits per heavy atom. The minimum absolute atomic E-state index is 0.163. The maximum atomic E-state index is 11.6. The van der Waals surface area contributed by atoms with Gasteiger partial charge in [0.1, 0.15) is 6.04 Å². The molecular weight excluding hydrogens is 250 g/mol. The lowest BCUT2D eigenvalue weighted by atomic mass is 9.76. The van der Waals surface area contributed by atoms with E-state index < -0.39 is 12.0 Å². The Labute approximate surface area is 121 Å². The van der Waals surface area contributed by atoms with E-state index in [-0.39, 0.29) is 5.41 Å². The molecule has 110 valence electrons. The molecule has 1 saturated heterocycles. The van der Waals surface area contributed by atoms with Gasteiger partial charge in [-0.15, -0.1) is 0 Å². The van der Waals surface area contributed by atoms with Gasteiger partial charge in [0, 0.05) is 6.54 Å². The zero-order valence-corrected chi connectivity index (χ0v) is 12.9. The zero-order chi connectivity index (χ0) is 14.9. The summed E-state index contributed by atoms with van der Waals surface area (Å²) in [5.41, 5.74) is 3.59. The molecule has 1 N–H and O–H groups in total. The monoisotopic (exact) mass is 275 g/mol. The third kappa shape index (κ3) is 3.04. The highest BCUT2D eigenvalue weighted by Crippen LogP contribution is 2.36. The summed E-state index contributed by atoms with van der Waals surface area (Å²) in [5.74, 6) is -0.696. The Bertz CT molecular complexity index is 508. The van der Waals surface area contributed by atoms with Gasteiger partial charge in [-0.25, -0.2) is 0 Å². The Hall–Kier alpha value is -1.35. The quantitative estimate of drug-likeness (QED) is 0.919. The molecule has 0 spiro atoms. The van der Waals surface area contributed by atoms with Crippen LogP contribution in [-0.4, -0.2) is 28.6 Å². The molecule has 20 heavy (non-hydrogen) atoms. The third-order valence-corrected chi connectivity index (χ3v) is 4.56. The first-order valence-corrected chi connectivity index (χ1v) is 7.34. The molecule has 1 heterocycles. The van der Waals surface area contributed by atoms with Gasteiger partial charge in [-0.3, -0.25) is 9.69 Å². The van der Waals surface area contributed by atoms with Crippen LogP contribution in [0, 0.1) is 19.3 Å². The summed E-state index contributed by atoms with van der Waals surface area (Å²) in [6, 6.07) is 6.02. The highest BCUT2D eigenvalue weighted by molar-refractivity contribution is 5.74. The number of rotatable bonds is 3. The first-order chi connectivity index (χ1) is 9.31. The number of aryl methyl sites for hydroxylation is 2. The molecule has 0 aromatic heterocycles. The van der Waals surface area contributed by atoms with Gasteiger partial charge in [0.2, 0.25) is 0 Å². The highest BCUT2D eigenvalue weighted by atomic mass is 16.4. The van der Waals surface area contributed by atoms with E-state index in [0.717, 1.165) is 25.9 Å². The molecule has 1 atom stereocenters. The van der Waals surface area contributed by atoms with Crippen molar-refractivity contribution in [3.05, 3.63) is 34.9 Å². The minimum atomic E-state index is -0.696. The number of aliphatic carboxylic acids is 1. The fraction of sp³-hybridized carbons (Fsp3) is 0.588. The van der Waals surface area contributed by atoms with Gasteiger partial charge < -0.3 is 5.11 Å². The van der Waals surface area contributed by atoms with Crippen LogP contribution in [0.5, 0.6) is 0 Å². The molecule has 0 bridgehead atoms. The molecule has 0 amide bonds. The molecule has 1 aliphatic heterocycles. The van der Waals surface area contributed by atoms with Crippen LogP contribution < -0.4 is 0 Å². The van der Waals surface area contributed by atoms with Crippen molar-refractivity contribution in [3.8, 4) is 0 Å². The largest absolute Gasteiger partial charge is 0.480 e. The molecule has 1 unspecified atom stereocenters. The van der Waals surface area contributed by atoms with Crippen LogP contribution in [0.4, 0.5) is 0 Å². The second kappa shape index (κ2) is 5.57. The molecular formula is C17H25NO2. The fourth-order valence-electron chi connectivity index (χ4n) is 3.30. The van der Waals surface area contributed by atoms with Gasteiger partial charge >= 0.3 is 5.97 Å². The lowest BCUT2D eigenvalue weighted by Gasteiger charge is -2.44. The smallest absolute Gasteiger partial charge is 0.321 e. The van der Waals surface area contributed by atoms with Crippen LogP contribution in [-0.2, 0) is 11.3 Å². The molecule has 1 aliphatic rings. The standard InChI is InChI=1S/C17H25NO2/c1-12-6-7-14(10-13(12)2)11-18-9-5-8-17(3,4)15(18)16(19)20/h6-7,10,15H,5,8-9,11H2,1-4H3,(H,19,20). The molecule has 0 aliphatic carbocycles. The number of hydrogen-bond donors (Lipinski definition) is 1. The molecule has 3 heteroatoms. The van der Waals surface area contributed by atoms with Crippen molar-refractivity contribution in [2.24, 2.45) is 5.41 Å². The summed E-state index contributed by atoms with van der Waals surface area (Å²) in [6.45, 7) is 9.93. The number of likely N-dealkylation sites (tertiary alicyclic amines) is 1. The van der Waals surface area contributed by atoms with E-state index in [4.69, 9.17) is 0 Å². The van der Waals surface area contributed by atoms with E-state index >= 15 is 0 Å². The van der Waals surface area contributed by atoms with Gasteiger partial charge in [0.25, 0.3) is 0 Å². The number of benzene rings is 1. The first kappa shape index (κ1) is 15.0. The van der Waals surface area contributed by atoms with Gasteiger partial charge in [-0.2, -0.15) is 0 Å². The van der Waals surface area contributed by atoms with Crippen molar-refractivity contribution < 1.29 is 9.90 Å². The van der Waals surface area contributed by atoms with Crippen LogP contribution >= 0.6 is 0 Å². The normalized spacial score (nSPS) is 22.7. The number of nitrogens with zero attached hydrogens (tertiary/aromatic N) is 1. The summed E-state index contributed by atoms with van der Waals surface area (Å²) >= 11 is 0. The second-order valence-electron chi connectivity index (χ2n) is 6.72. The lowest BCUT2D eigenvalue weighted by molar-refractivity contribution is -0.151. The van der Waals surface area contributed by atoms with Gasteiger partial charge in [0.05, 0.1) is 0 Å². The Kier molecular flexibility index (Phi) is 4.19. The summed E-state index contributed by atoms with van der Waals surface area (Å²) in [7, 11) is 0. The number of carboxylic acid groups (broad SMARTS) is 1. The van der Waals surface area contributed by atoms with E-state index in [1.807, 2.05) is 0 Å². The topological polar surface area (TPSA) is 40.5 Å². The highest BCUT2D eigenvalue weighted by Gasteiger charge is 2.42. The fourth-order valence-corrected chi connectivity index (χ4v) is 3.30. The van der Waals surface area contributed by atoms with Crippen LogP contribution in [0.15, 0.2) is 18.2 Å². The average Bonchev–Trinajstić information content (AvgIpc) is 2.32. The maximum Gasteiger partial charge on any atom is 0.321 e. The Morgan fingerprint density at radius 1 is 1.35 bits per heavy atom. The predicted octanol–water partition coefficient (Wildman–Crippen LogP) is 3.38. The van der Waals surface area contributed by atoms with Gasteiger partial charge in [-0.1, -0.05) is 32.0 Å². The zero-order valence-electron chi connectivity index (χ0n) is 12.9. The number of hydrogen-bond acceptors (Lipinski definition) is 2. The van der Waals surface area contributed by atoms with Crippen LogP contribution in [0.1, 0.15) is 43.4 Å². The molecule has 0 saturated carbocycles. The summed E-state index contributed by atoms with van der Waals surface area (Å²) in [4.78, 5) is 13.8. The molecule has 2 rings (SSSR count). The molecule has 1 aromatic rings. The van der Waals surface area contributed by atoms with Gasteiger partial charge in [0.15, 0.2) is 0 Å². The van der Waals surface area contributed by atoms with Gasteiger partial charge in [-0.05, 0) is 55.3 Å². The van der Waals surface area contributed by atoms with Crippen LogP contribution in [0.25, 0.3) is 0 Å². The maximum absolute atomic E-state index is 11.6. The van der Waals surface area contributed by atoms with E-state index in [9.17, 15) is 9.90 Å². The minimum Gasteiger partial charge on any atom is -0.480 e. The van der Waals surface area contributed by atoms with Crippen molar-refractivity contribution in [2.45, 2.75) is 53.1 Å². The van der Waals surface area contributed by atoms with Crippen molar-refractivity contribution in [2.75, 3.05) is 6.54 Å². The van der Waals surface area contributed by atoms with Crippen LogP contribution in [0.3, 0.4) is 0 Å².